The van der Waals surface area contributed by atoms with E-state index in [2.05, 4.69) is 15.6 Å². The number of hydrogen-bond acceptors (Lipinski definition) is 5. The summed E-state index contributed by atoms with van der Waals surface area (Å²) in [6, 6.07) is 13.2. The number of carbonyl (C=O) groups excluding carboxylic acids is 1. The summed E-state index contributed by atoms with van der Waals surface area (Å²) < 4.78 is 39.1. The molecule has 1 aliphatic heterocycles. The Morgan fingerprint density at radius 3 is 2.78 bits per heavy atom. The topological polar surface area (TPSA) is 96.3 Å². The second kappa shape index (κ2) is 7.81. The Labute approximate surface area is 181 Å². The zero-order valence-electron chi connectivity index (χ0n) is 16.5. The lowest BCUT2D eigenvalue weighted by Crippen LogP contribution is -2.32. The van der Waals surface area contributed by atoms with E-state index in [4.69, 9.17) is 14.7 Å². The highest BCUT2D eigenvalue weighted by Gasteiger charge is 2.57. The molecule has 3 atom stereocenters. The highest BCUT2D eigenvalue weighted by Crippen LogP contribution is 2.55. The lowest BCUT2D eigenvalue weighted by atomic mass is 10.0. The number of amides is 2. The van der Waals surface area contributed by atoms with Crippen LogP contribution in [-0.4, -0.2) is 23.7 Å². The quantitative estimate of drug-likeness (QED) is 0.638. The number of fused-ring (bicyclic) bond motifs is 3. The van der Waals surface area contributed by atoms with Crippen LogP contribution in [0.5, 0.6) is 17.2 Å². The van der Waals surface area contributed by atoms with E-state index >= 15 is 0 Å². The number of pyridine rings is 1. The summed E-state index contributed by atoms with van der Waals surface area (Å²) in [5.41, 5.74) is 0.647. The van der Waals surface area contributed by atoms with Crippen molar-refractivity contribution in [2.45, 2.75) is 12.0 Å². The SMILES string of the molecule is N#Cc1cccc(Oc2ccc(NC(=O)N[C@@H]3[C@H]4COc5c(F)ccc(F)c5[C@@H]43)nc2)c1. The Balaban J connectivity index is 1.20. The van der Waals surface area contributed by atoms with Crippen LogP contribution in [0.2, 0.25) is 0 Å². The van der Waals surface area contributed by atoms with Crippen molar-refractivity contribution in [1.29, 1.82) is 5.26 Å². The summed E-state index contributed by atoms with van der Waals surface area (Å²) >= 11 is 0. The summed E-state index contributed by atoms with van der Waals surface area (Å²) in [6.45, 7) is 0.209. The molecule has 160 valence electrons. The molecule has 0 saturated heterocycles. The molecule has 0 radical (unpaired) electrons. The zero-order chi connectivity index (χ0) is 22.2. The molecule has 1 aliphatic carbocycles. The maximum Gasteiger partial charge on any atom is 0.320 e. The molecular weight excluding hydrogens is 418 g/mol. The van der Waals surface area contributed by atoms with Crippen LogP contribution in [0.4, 0.5) is 19.4 Å². The van der Waals surface area contributed by atoms with Gasteiger partial charge in [0.05, 0.1) is 24.4 Å². The molecule has 2 N–H and O–H groups in total. The number of urea groups is 1. The van der Waals surface area contributed by atoms with Gasteiger partial charge in [0.1, 0.15) is 23.1 Å². The first-order valence-corrected chi connectivity index (χ1v) is 9.86. The van der Waals surface area contributed by atoms with Crippen LogP contribution < -0.4 is 20.1 Å². The fourth-order valence-electron chi connectivity index (χ4n) is 3.94. The van der Waals surface area contributed by atoms with Crippen molar-refractivity contribution in [3.8, 4) is 23.3 Å². The molecule has 32 heavy (non-hydrogen) atoms. The number of anilines is 1. The number of rotatable bonds is 4. The third kappa shape index (κ3) is 3.67. The lowest BCUT2D eigenvalue weighted by molar-refractivity contribution is 0.247. The van der Waals surface area contributed by atoms with E-state index in [0.29, 0.717) is 17.1 Å². The van der Waals surface area contributed by atoms with Gasteiger partial charge >= 0.3 is 6.03 Å². The third-order valence-corrected chi connectivity index (χ3v) is 5.49. The van der Waals surface area contributed by atoms with E-state index in [1.165, 1.54) is 6.20 Å². The minimum atomic E-state index is -0.610. The minimum Gasteiger partial charge on any atom is -0.490 e. The van der Waals surface area contributed by atoms with Crippen molar-refractivity contribution < 1.29 is 23.0 Å². The molecule has 0 spiro atoms. The Kier molecular flexibility index (Phi) is 4.82. The Bertz CT molecular complexity index is 1240. The molecule has 0 unspecified atom stereocenters. The molecule has 3 aromatic rings. The van der Waals surface area contributed by atoms with Crippen molar-refractivity contribution in [3.63, 3.8) is 0 Å². The molecule has 9 heteroatoms. The molecule has 2 amide bonds. The van der Waals surface area contributed by atoms with Gasteiger partial charge in [0.15, 0.2) is 11.6 Å². The van der Waals surface area contributed by atoms with Gasteiger partial charge in [-0.05, 0) is 42.5 Å². The largest absolute Gasteiger partial charge is 0.490 e. The van der Waals surface area contributed by atoms with Gasteiger partial charge in [-0.3, -0.25) is 5.32 Å². The van der Waals surface area contributed by atoms with Crippen LogP contribution in [0.25, 0.3) is 0 Å². The predicted molar refractivity (Wildman–Crippen MR) is 109 cm³/mol. The van der Waals surface area contributed by atoms with Crippen molar-refractivity contribution in [2.24, 2.45) is 5.92 Å². The van der Waals surface area contributed by atoms with Crippen LogP contribution in [0.15, 0.2) is 54.7 Å². The minimum absolute atomic E-state index is 0.0754. The van der Waals surface area contributed by atoms with E-state index in [9.17, 15) is 13.6 Å². The Morgan fingerprint density at radius 2 is 2.00 bits per heavy atom. The first kappa shape index (κ1) is 19.8. The lowest BCUT2D eigenvalue weighted by Gasteiger charge is -2.16. The van der Waals surface area contributed by atoms with Crippen LogP contribution in [0.1, 0.15) is 17.0 Å². The smallest absolute Gasteiger partial charge is 0.320 e. The predicted octanol–water partition coefficient (Wildman–Crippen LogP) is 4.32. The molecular formula is C23H16F2N4O3. The maximum atomic E-state index is 14.2. The summed E-state index contributed by atoms with van der Waals surface area (Å²) in [5, 5.41) is 14.3. The second-order valence-corrected chi connectivity index (χ2v) is 7.52. The summed E-state index contributed by atoms with van der Waals surface area (Å²) in [6.07, 6.45) is 1.44. The highest BCUT2D eigenvalue weighted by molar-refractivity contribution is 5.89. The number of benzene rings is 2. The average Bonchev–Trinajstić information content (AvgIpc) is 3.50. The fraction of sp³-hybridized carbons (Fsp3) is 0.174. The third-order valence-electron chi connectivity index (χ3n) is 5.49. The van der Waals surface area contributed by atoms with Crippen molar-refractivity contribution in [2.75, 3.05) is 11.9 Å². The van der Waals surface area contributed by atoms with Crippen molar-refractivity contribution in [3.05, 3.63) is 77.5 Å². The molecule has 7 nitrogen and oxygen atoms in total. The van der Waals surface area contributed by atoms with Gasteiger partial charge in [-0.15, -0.1) is 0 Å². The first-order valence-electron chi connectivity index (χ1n) is 9.86. The average molecular weight is 434 g/mol. The van der Waals surface area contributed by atoms with Gasteiger partial charge in [-0.2, -0.15) is 5.26 Å². The number of ether oxygens (including phenoxy) is 2. The van der Waals surface area contributed by atoms with Crippen LogP contribution >= 0.6 is 0 Å². The molecule has 5 rings (SSSR count). The number of halogens is 2. The number of nitrogens with zero attached hydrogens (tertiary/aromatic N) is 2. The van der Waals surface area contributed by atoms with E-state index < -0.39 is 17.7 Å². The normalized spacial score (nSPS) is 20.1. The van der Waals surface area contributed by atoms with E-state index in [1.54, 1.807) is 36.4 Å². The number of nitrogens with one attached hydrogen (secondary N) is 2. The van der Waals surface area contributed by atoms with Gasteiger partial charge in [0.25, 0.3) is 0 Å². The molecule has 0 bridgehead atoms. The van der Waals surface area contributed by atoms with E-state index in [-0.39, 0.29) is 41.6 Å². The van der Waals surface area contributed by atoms with Crippen LogP contribution in [0, 0.1) is 28.9 Å². The summed E-state index contributed by atoms with van der Waals surface area (Å²) in [5.74, 6) is -0.450. The maximum absolute atomic E-state index is 14.2. The molecule has 2 aliphatic rings. The van der Waals surface area contributed by atoms with Gasteiger partial charge < -0.3 is 14.8 Å². The number of hydrogen-bond donors (Lipinski definition) is 2. The first-order chi connectivity index (χ1) is 15.5. The standard InChI is InChI=1S/C23H16F2N4O3/c24-16-5-6-17(25)22-20(16)19-15(11-31-22)21(19)29-23(30)28-18-7-4-14(10-27-18)32-13-3-1-2-12(8-13)9-26/h1-8,10,15,19,21H,11H2,(H2,27,28,29,30)/t15-,19+,21+/m0/s1. The second-order valence-electron chi connectivity index (χ2n) is 7.52. The molecule has 1 saturated carbocycles. The summed E-state index contributed by atoms with van der Waals surface area (Å²) in [4.78, 5) is 16.5. The van der Waals surface area contributed by atoms with Crippen LogP contribution in [0.3, 0.4) is 0 Å². The molecule has 2 aromatic carbocycles. The Hall–Kier alpha value is -4.19. The highest BCUT2D eigenvalue weighted by atomic mass is 19.1. The van der Waals surface area contributed by atoms with E-state index in [0.717, 1.165) is 12.1 Å². The van der Waals surface area contributed by atoms with Gasteiger partial charge in [0.2, 0.25) is 0 Å². The number of carbonyl (C=O) groups is 1. The van der Waals surface area contributed by atoms with Gasteiger partial charge in [0, 0.05) is 23.4 Å². The molecule has 1 aromatic heterocycles. The summed E-state index contributed by atoms with van der Waals surface area (Å²) in [7, 11) is 0. The molecule has 1 fully saturated rings. The van der Waals surface area contributed by atoms with Gasteiger partial charge in [-0.1, -0.05) is 6.07 Å². The molecule has 2 heterocycles. The monoisotopic (exact) mass is 434 g/mol. The number of aromatic nitrogens is 1. The fourth-order valence-corrected chi connectivity index (χ4v) is 3.94. The van der Waals surface area contributed by atoms with Crippen molar-refractivity contribution in [1.82, 2.24) is 10.3 Å². The van der Waals surface area contributed by atoms with Gasteiger partial charge in [-0.25, -0.2) is 18.6 Å². The van der Waals surface area contributed by atoms with Crippen molar-refractivity contribution >= 4 is 11.8 Å². The number of nitriles is 1. The zero-order valence-corrected chi connectivity index (χ0v) is 16.5. The van der Waals surface area contributed by atoms with E-state index in [1.807, 2.05) is 6.07 Å². The Morgan fingerprint density at radius 1 is 1.16 bits per heavy atom. The van der Waals surface area contributed by atoms with Crippen LogP contribution in [-0.2, 0) is 0 Å².